The molecule has 0 aliphatic carbocycles. The summed E-state index contributed by atoms with van der Waals surface area (Å²) in [5, 5.41) is 0. The molecule has 0 aliphatic rings. The van der Waals surface area contributed by atoms with Crippen molar-refractivity contribution in [3.05, 3.63) is 61.1 Å². The highest BCUT2D eigenvalue weighted by Crippen LogP contribution is 2.31. The fraction of sp³-hybridized carbons (Fsp3) is 0. The highest BCUT2D eigenvalue weighted by molar-refractivity contribution is 7.23. The Labute approximate surface area is 182 Å². The molecule has 0 saturated heterocycles. The summed E-state index contributed by atoms with van der Waals surface area (Å²) < 4.78 is 4.05. The molecule has 6 heterocycles. The number of hydrogen-bond acceptors (Lipinski definition) is 7. The van der Waals surface area contributed by atoms with Gasteiger partial charge in [0.25, 0.3) is 0 Å². The number of aromatic nitrogens is 9. The van der Waals surface area contributed by atoms with E-state index in [-0.39, 0.29) is 0 Å². The summed E-state index contributed by atoms with van der Waals surface area (Å²) in [6, 6.07) is 14.2. The van der Waals surface area contributed by atoms with Gasteiger partial charge in [0, 0.05) is 18.0 Å². The Morgan fingerprint density at radius 3 is 2.69 bits per heavy atom. The van der Waals surface area contributed by atoms with Crippen LogP contribution in [-0.4, -0.2) is 43.7 Å². The number of imidazole rings is 3. The van der Waals surface area contributed by atoms with Crippen molar-refractivity contribution in [3.63, 3.8) is 0 Å². The highest BCUT2D eigenvalue weighted by atomic mass is 32.1. The zero-order valence-corrected chi connectivity index (χ0v) is 17.1. The van der Waals surface area contributed by atoms with Crippen molar-refractivity contribution in [1.29, 1.82) is 0 Å². The normalized spacial score (nSPS) is 12.4. The molecule has 0 atom stereocenters. The second kappa shape index (κ2) is 5.62. The van der Waals surface area contributed by atoms with Crippen LogP contribution in [0, 0.1) is 0 Å². The number of aromatic amines is 1. The molecule has 0 spiro atoms. The zero-order valence-electron chi connectivity index (χ0n) is 16.3. The van der Waals surface area contributed by atoms with Crippen molar-refractivity contribution in [2.24, 2.45) is 0 Å². The molecule has 0 bridgehead atoms. The van der Waals surface area contributed by atoms with Gasteiger partial charge < -0.3 is 4.98 Å². The van der Waals surface area contributed by atoms with Crippen molar-refractivity contribution in [2.75, 3.05) is 0 Å². The quantitative estimate of drug-likeness (QED) is 0.416. The molecule has 0 aliphatic heterocycles. The molecule has 0 amide bonds. The summed E-state index contributed by atoms with van der Waals surface area (Å²) in [6.07, 6.45) is 5.16. The summed E-state index contributed by atoms with van der Waals surface area (Å²) in [4.78, 5) is 32.8. The smallest absolute Gasteiger partial charge is 0.215 e. The molecule has 0 radical (unpaired) electrons. The topological polar surface area (TPSA) is 102 Å². The lowest BCUT2D eigenvalue weighted by Gasteiger charge is -2.01. The van der Waals surface area contributed by atoms with E-state index in [9.17, 15) is 0 Å². The van der Waals surface area contributed by atoms with Crippen LogP contribution < -0.4 is 0 Å². The Balaban J connectivity index is 1.32. The zero-order chi connectivity index (χ0) is 20.8. The SMILES string of the molecule is c1ccc2c(c1)nc1sc3nc(-c4ccc5c(c4)nc4[nH]c6nccnc6n45)cnc3n12. The maximum atomic E-state index is 4.89. The van der Waals surface area contributed by atoms with Crippen molar-refractivity contribution in [2.45, 2.75) is 0 Å². The van der Waals surface area contributed by atoms with Crippen LogP contribution in [-0.2, 0) is 0 Å². The van der Waals surface area contributed by atoms with Crippen molar-refractivity contribution in [1.82, 2.24) is 43.7 Å². The van der Waals surface area contributed by atoms with Gasteiger partial charge in [-0.05, 0) is 24.3 Å². The first-order chi connectivity index (χ1) is 15.8. The number of para-hydroxylation sites is 2. The Bertz CT molecular complexity index is 1860. The number of H-pyrrole nitrogens is 1. The van der Waals surface area contributed by atoms with Gasteiger partial charge in [0.2, 0.25) is 5.78 Å². The minimum Gasteiger partial charge on any atom is -0.307 e. The van der Waals surface area contributed by atoms with Gasteiger partial charge in [-0.15, -0.1) is 0 Å². The maximum absolute atomic E-state index is 4.89. The van der Waals surface area contributed by atoms with E-state index < -0.39 is 0 Å². The first-order valence-corrected chi connectivity index (χ1v) is 10.8. The predicted molar refractivity (Wildman–Crippen MR) is 123 cm³/mol. The Morgan fingerprint density at radius 2 is 1.69 bits per heavy atom. The molecule has 150 valence electrons. The van der Waals surface area contributed by atoms with E-state index in [0.29, 0.717) is 11.4 Å². The molecule has 8 rings (SSSR count). The van der Waals surface area contributed by atoms with Gasteiger partial charge in [0.1, 0.15) is 0 Å². The lowest BCUT2D eigenvalue weighted by Crippen LogP contribution is -1.90. The molecule has 1 N–H and O–H groups in total. The summed E-state index contributed by atoms with van der Waals surface area (Å²) in [6.45, 7) is 0. The van der Waals surface area contributed by atoms with E-state index in [1.54, 1.807) is 23.7 Å². The van der Waals surface area contributed by atoms with Crippen LogP contribution in [0.2, 0.25) is 0 Å². The van der Waals surface area contributed by atoms with Crippen LogP contribution in [0.3, 0.4) is 0 Å². The molecule has 9 nitrogen and oxygen atoms in total. The number of benzene rings is 2. The van der Waals surface area contributed by atoms with Gasteiger partial charge in [0.05, 0.1) is 34.0 Å². The Kier molecular flexibility index (Phi) is 2.86. The lowest BCUT2D eigenvalue weighted by atomic mass is 10.1. The fourth-order valence-corrected chi connectivity index (χ4v) is 5.29. The summed E-state index contributed by atoms with van der Waals surface area (Å²) in [7, 11) is 0. The van der Waals surface area contributed by atoms with E-state index in [1.807, 2.05) is 47.0 Å². The van der Waals surface area contributed by atoms with E-state index in [2.05, 4.69) is 25.4 Å². The number of thiazole rings is 1. The van der Waals surface area contributed by atoms with E-state index >= 15 is 0 Å². The van der Waals surface area contributed by atoms with Crippen LogP contribution in [0.25, 0.3) is 65.8 Å². The van der Waals surface area contributed by atoms with Crippen LogP contribution in [0.15, 0.2) is 61.1 Å². The van der Waals surface area contributed by atoms with Crippen LogP contribution >= 0.6 is 11.3 Å². The number of rotatable bonds is 1. The van der Waals surface area contributed by atoms with Gasteiger partial charge in [-0.25, -0.2) is 29.9 Å². The average Bonchev–Trinajstić information content (AvgIpc) is 3.54. The van der Waals surface area contributed by atoms with E-state index in [1.165, 1.54) is 0 Å². The molecule has 8 aromatic rings. The molecule has 0 unspecified atom stereocenters. The van der Waals surface area contributed by atoms with Gasteiger partial charge in [0.15, 0.2) is 26.7 Å². The molecular formula is C22H11N9S. The molecule has 0 saturated carbocycles. The second-order valence-electron chi connectivity index (χ2n) is 7.53. The van der Waals surface area contributed by atoms with Crippen LogP contribution in [0.5, 0.6) is 0 Å². The first-order valence-electron chi connectivity index (χ1n) is 9.97. The first kappa shape index (κ1) is 16.3. The lowest BCUT2D eigenvalue weighted by molar-refractivity contribution is 1.22. The molecule has 2 aromatic carbocycles. The van der Waals surface area contributed by atoms with E-state index in [4.69, 9.17) is 19.9 Å². The Hall–Kier alpha value is -4.44. The van der Waals surface area contributed by atoms with Crippen LogP contribution in [0.1, 0.15) is 0 Å². The third-order valence-electron chi connectivity index (χ3n) is 5.72. The predicted octanol–water partition coefficient (Wildman–Crippen LogP) is 4.23. The summed E-state index contributed by atoms with van der Waals surface area (Å²) in [5.41, 5.74) is 7.88. The molecule has 0 fully saturated rings. The highest BCUT2D eigenvalue weighted by Gasteiger charge is 2.16. The van der Waals surface area contributed by atoms with Crippen molar-refractivity contribution < 1.29 is 0 Å². The monoisotopic (exact) mass is 433 g/mol. The third kappa shape index (κ3) is 2.01. The average molecular weight is 433 g/mol. The molecule has 10 heteroatoms. The number of nitrogens with zero attached hydrogens (tertiary/aromatic N) is 8. The van der Waals surface area contributed by atoms with Gasteiger partial charge >= 0.3 is 0 Å². The molecule has 6 aromatic heterocycles. The van der Waals surface area contributed by atoms with Gasteiger partial charge in [-0.2, -0.15) is 0 Å². The minimum absolute atomic E-state index is 0.714. The largest absolute Gasteiger partial charge is 0.307 e. The van der Waals surface area contributed by atoms with Crippen LogP contribution in [0.4, 0.5) is 0 Å². The number of hydrogen-bond donors (Lipinski definition) is 1. The van der Waals surface area contributed by atoms with Crippen molar-refractivity contribution in [3.8, 4) is 11.3 Å². The van der Waals surface area contributed by atoms with Gasteiger partial charge in [-0.3, -0.25) is 8.80 Å². The number of fused-ring (bicyclic) bond motifs is 10. The number of nitrogens with one attached hydrogen (secondary N) is 1. The summed E-state index contributed by atoms with van der Waals surface area (Å²) >= 11 is 1.54. The second-order valence-corrected chi connectivity index (χ2v) is 8.49. The summed E-state index contributed by atoms with van der Waals surface area (Å²) in [5.74, 6) is 0.714. The standard InChI is InChI=1S/C22H11N9S/c1-2-4-15-12(3-1)28-22-31(15)19-20(32-22)26-14(10-25-19)11-5-6-16-13(9-11)27-21-29-17-18(30(16)21)24-8-7-23-17/h1-10H,(H,23,27,29). The van der Waals surface area contributed by atoms with Crippen molar-refractivity contribution >= 4 is 65.9 Å². The molecular weight excluding hydrogens is 422 g/mol. The van der Waals surface area contributed by atoms with E-state index in [0.717, 1.165) is 54.4 Å². The van der Waals surface area contributed by atoms with Gasteiger partial charge in [-0.1, -0.05) is 29.5 Å². The third-order valence-corrected chi connectivity index (χ3v) is 6.65. The Morgan fingerprint density at radius 1 is 0.781 bits per heavy atom. The fourth-order valence-electron chi connectivity index (χ4n) is 4.32. The maximum Gasteiger partial charge on any atom is 0.215 e. The minimum atomic E-state index is 0.714. The molecule has 32 heavy (non-hydrogen) atoms.